The summed E-state index contributed by atoms with van der Waals surface area (Å²) in [6.07, 6.45) is 1.42. The van der Waals surface area contributed by atoms with Gasteiger partial charge in [-0.2, -0.15) is 4.68 Å². The number of thiazole rings is 1. The average molecular weight is 325 g/mol. The van der Waals surface area contributed by atoms with Crippen LogP contribution in [0.1, 0.15) is 5.82 Å². The fourth-order valence-electron chi connectivity index (χ4n) is 1.67. The van der Waals surface area contributed by atoms with Crippen molar-refractivity contribution in [2.24, 2.45) is 0 Å². The Hall–Kier alpha value is -2.20. The molecule has 10 heteroatoms. The maximum absolute atomic E-state index is 12.9. The van der Waals surface area contributed by atoms with Gasteiger partial charge in [0.25, 0.3) is 0 Å². The summed E-state index contributed by atoms with van der Waals surface area (Å²) in [5.74, 6) is -0.647. The third-order valence-electron chi connectivity index (χ3n) is 2.60. The van der Waals surface area contributed by atoms with E-state index in [1.807, 2.05) is 0 Å². The molecular formula is C11H8FN5O2S2. The van der Waals surface area contributed by atoms with E-state index >= 15 is 0 Å². The molecule has 2 heterocycles. The second-order valence-electron chi connectivity index (χ2n) is 4.04. The van der Waals surface area contributed by atoms with Crippen molar-refractivity contribution < 1.29 is 12.8 Å². The fourth-order valence-corrected chi connectivity index (χ4v) is 3.83. The van der Waals surface area contributed by atoms with Crippen LogP contribution in [-0.4, -0.2) is 33.6 Å². The highest BCUT2D eigenvalue weighted by Gasteiger charge is 2.22. The van der Waals surface area contributed by atoms with Gasteiger partial charge in [0.15, 0.2) is 5.82 Å². The number of nitrogens with zero attached hydrogens (tertiary/aromatic N) is 5. The topological polar surface area (TPSA) is 90.6 Å². The second kappa shape index (κ2) is 5.30. The minimum atomic E-state index is -3.61. The van der Waals surface area contributed by atoms with Crippen LogP contribution in [0.2, 0.25) is 0 Å². The largest absolute Gasteiger partial charge is 0.234 e. The summed E-state index contributed by atoms with van der Waals surface area (Å²) in [5, 5.41) is 12.5. The van der Waals surface area contributed by atoms with Crippen LogP contribution >= 0.6 is 11.3 Å². The smallest absolute Gasteiger partial charge is 0.212 e. The van der Waals surface area contributed by atoms with Gasteiger partial charge in [-0.25, -0.2) is 17.8 Å². The summed E-state index contributed by atoms with van der Waals surface area (Å²) < 4.78 is 38.5. The lowest BCUT2D eigenvalue weighted by Gasteiger charge is -2.04. The molecule has 0 aliphatic rings. The summed E-state index contributed by atoms with van der Waals surface area (Å²) in [6.45, 7) is 0. The van der Waals surface area contributed by atoms with Gasteiger partial charge >= 0.3 is 0 Å². The predicted octanol–water partition coefficient (Wildman–Crippen LogP) is 1.23. The lowest BCUT2D eigenvalue weighted by Crippen LogP contribution is -2.11. The first-order valence-electron chi connectivity index (χ1n) is 5.72. The van der Waals surface area contributed by atoms with Crippen LogP contribution in [0.5, 0.6) is 0 Å². The van der Waals surface area contributed by atoms with E-state index in [2.05, 4.69) is 20.5 Å². The fraction of sp³-hybridized carbons (Fsp3) is 0.0909. The molecule has 0 atom stereocenters. The van der Waals surface area contributed by atoms with Crippen LogP contribution in [0.15, 0.2) is 40.2 Å². The van der Waals surface area contributed by atoms with E-state index in [1.165, 1.54) is 35.1 Å². The standard InChI is InChI=1S/C11H8FN5O2S2/c12-8-1-3-9(4-2-8)17-10(14-15-16-17)7-21(18,19)11-13-5-6-20-11/h1-6H,7H2. The Balaban J connectivity index is 1.95. The molecule has 2 aromatic heterocycles. The van der Waals surface area contributed by atoms with E-state index in [9.17, 15) is 12.8 Å². The lowest BCUT2D eigenvalue weighted by atomic mass is 10.3. The highest BCUT2D eigenvalue weighted by molar-refractivity contribution is 7.92. The van der Waals surface area contributed by atoms with Gasteiger partial charge in [-0.3, -0.25) is 0 Å². The van der Waals surface area contributed by atoms with Gasteiger partial charge in [0.1, 0.15) is 11.6 Å². The zero-order valence-electron chi connectivity index (χ0n) is 10.4. The Kier molecular flexibility index (Phi) is 3.47. The number of halogens is 1. The molecule has 0 N–H and O–H groups in total. The first kappa shape index (κ1) is 13.8. The number of hydrogen-bond acceptors (Lipinski definition) is 7. The maximum atomic E-state index is 12.9. The van der Waals surface area contributed by atoms with E-state index in [-0.39, 0.29) is 15.9 Å². The van der Waals surface area contributed by atoms with Crippen LogP contribution in [0, 0.1) is 5.82 Å². The molecule has 1 aromatic carbocycles. The molecule has 0 bridgehead atoms. The molecule has 3 rings (SSSR count). The molecule has 0 amide bonds. The van der Waals surface area contributed by atoms with E-state index in [4.69, 9.17) is 0 Å². The number of rotatable bonds is 4. The molecule has 21 heavy (non-hydrogen) atoms. The summed E-state index contributed by atoms with van der Waals surface area (Å²) in [4.78, 5) is 3.79. The summed E-state index contributed by atoms with van der Waals surface area (Å²) in [7, 11) is -3.61. The van der Waals surface area contributed by atoms with Crippen molar-refractivity contribution in [3.63, 3.8) is 0 Å². The first-order valence-corrected chi connectivity index (χ1v) is 8.25. The molecule has 0 saturated carbocycles. The third kappa shape index (κ3) is 2.81. The molecule has 108 valence electrons. The van der Waals surface area contributed by atoms with Gasteiger partial charge in [-0.05, 0) is 34.7 Å². The van der Waals surface area contributed by atoms with Crippen molar-refractivity contribution in [2.45, 2.75) is 10.1 Å². The Morgan fingerprint density at radius 2 is 2.00 bits per heavy atom. The van der Waals surface area contributed by atoms with Crippen LogP contribution in [0.4, 0.5) is 4.39 Å². The molecule has 0 fully saturated rings. The van der Waals surface area contributed by atoms with Crippen molar-refractivity contribution in [2.75, 3.05) is 0 Å². The highest BCUT2D eigenvalue weighted by atomic mass is 32.2. The number of benzene rings is 1. The van der Waals surface area contributed by atoms with Crippen molar-refractivity contribution in [1.82, 2.24) is 25.2 Å². The van der Waals surface area contributed by atoms with Gasteiger partial charge in [-0.15, -0.1) is 16.4 Å². The summed E-state index contributed by atoms with van der Waals surface area (Å²) >= 11 is 1.03. The van der Waals surface area contributed by atoms with Crippen molar-refractivity contribution >= 4 is 21.2 Å². The number of sulfone groups is 1. The maximum Gasteiger partial charge on any atom is 0.212 e. The van der Waals surface area contributed by atoms with Crippen LogP contribution in [-0.2, 0) is 15.6 Å². The van der Waals surface area contributed by atoms with Gasteiger partial charge < -0.3 is 0 Å². The van der Waals surface area contributed by atoms with E-state index in [1.54, 1.807) is 5.38 Å². The van der Waals surface area contributed by atoms with E-state index < -0.39 is 15.7 Å². The highest BCUT2D eigenvalue weighted by Crippen LogP contribution is 2.18. The molecule has 3 aromatic rings. The van der Waals surface area contributed by atoms with E-state index in [0.29, 0.717) is 5.69 Å². The van der Waals surface area contributed by atoms with Gasteiger partial charge in [0.2, 0.25) is 14.2 Å². The molecule has 0 spiro atoms. The van der Waals surface area contributed by atoms with Gasteiger partial charge in [0.05, 0.1) is 5.69 Å². The number of hydrogen-bond donors (Lipinski definition) is 0. The second-order valence-corrected chi connectivity index (χ2v) is 7.10. The molecule has 0 unspecified atom stereocenters. The molecular weight excluding hydrogens is 317 g/mol. The Bertz CT molecular complexity index is 843. The minimum absolute atomic E-state index is 0.0103. The molecule has 0 saturated heterocycles. The zero-order valence-corrected chi connectivity index (χ0v) is 12.1. The van der Waals surface area contributed by atoms with Crippen LogP contribution in [0.25, 0.3) is 5.69 Å². The predicted molar refractivity (Wildman–Crippen MR) is 72.1 cm³/mol. The monoisotopic (exact) mass is 325 g/mol. The Morgan fingerprint density at radius 3 is 2.67 bits per heavy atom. The minimum Gasteiger partial charge on any atom is -0.234 e. The van der Waals surface area contributed by atoms with Crippen molar-refractivity contribution in [3.8, 4) is 5.69 Å². The quantitative estimate of drug-likeness (QED) is 0.716. The van der Waals surface area contributed by atoms with Crippen LogP contribution < -0.4 is 0 Å². The molecule has 0 aliphatic heterocycles. The Labute approximate surface area is 123 Å². The van der Waals surface area contributed by atoms with Crippen molar-refractivity contribution in [3.05, 3.63) is 47.5 Å². The van der Waals surface area contributed by atoms with Crippen LogP contribution in [0.3, 0.4) is 0 Å². The molecule has 7 nitrogen and oxygen atoms in total. The molecule has 0 radical (unpaired) electrons. The normalized spacial score (nSPS) is 11.7. The zero-order chi connectivity index (χ0) is 14.9. The summed E-state index contributed by atoms with van der Waals surface area (Å²) in [5.41, 5.74) is 0.478. The first-order chi connectivity index (χ1) is 10.1. The SMILES string of the molecule is O=S(=O)(Cc1nnnn1-c1ccc(F)cc1)c1nccs1. The lowest BCUT2D eigenvalue weighted by molar-refractivity contribution is 0.591. The van der Waals surface area contributed by atoms with Gasteiger partial charge in [-0.1, -0.05) is 0 Å². The third-order valence-corrected chi connectivity index (χ3v) is 5.49. The van der Waals surface area contributed by atoms with Gasteiger partial charge in [0, 0.05) is 11.6 Å². The van der Waals surface area contributed by atoms with Crippen molar-refractivity contribution in [1.29, 1.82) is 0 Å². The average Bonchev–Trinajstić information content (AvgIpc) is 3.10. The van der Waals surface area contributed by atoms with E-state index in [0.717, 1.165) is 11.3 Å². The number of aromatic nitrogens is 5. The molecule has 0 aliphatic carbocycles. The Morgan fingerprint density at radius 1 is 1.24 bits per heavy atom. The summed E-state index contributed by atoms with van der Waals surface area (Å²) in [6, 6.07) is 5.42. The number of tetrazole rings is 1.